The molecule has 0 bridgehead atoms. The van der Waals surface area contributed by atoms with Crippen molar-refractivity contribution in [3.05, 3.63) is 77.1 Å². The lowest BCUT2D eigenvalue weighted by molar-refractivity contribution is 0.0950. The summed E-state index contributed by atoms with van der Waals surface area (Å²) in [5.41, 5.74) is 5.72. The van der Waals surface area contributed by atoms with E-state index in [1.165, 1.54) is 24.1 Å². The molecule has 0 spiro atoms. The van der Waals surface area contributed by atoms with E-state index >= 15 is 0 Å². The molecule has 0 aliphatic heterocycles. The number of nitrogens with one attached hydrogen (secondary N) is 3. The molecule has 0 unspecified atom stereocenters. The largest absolute Gasteiger partial charge is 0.507 e. The Morgan fingerprint density at radius 3 is 2.97 bits per heavy atom. The van der Waals surface area contributed by atoms with Gasteiger partial charge in [-0.2, -0.15) is 5.10 Å². The molecule has 31 heavy (non-hydrogen) atoms. The van der Waals surface area contributed by atoms with Gasteiger partial charge in [-0.05, 0) is 62.4 Å². The smallest absolute Gasteiger partial charge is 0.251 e. The second kappa shape index (κ2) is 9.04. The number of aryl methyl sites for hydroxylation is 1. The summed E-state index contributed by atoms with van der Waals surface area (Å²) >= 11 is 0. The number of amides is 1. The highest BCUT2D eigenvalue weighted by atomic mass is 16.3. The fourth-order valence-corrected chi connectivity index (χ4v) is 3.84. The quantitative estimate of drug-likeness (QED) is 0.269. The Bertz CT molecular complexity index is 1180. The van der Waals surface area contributed by atoms with Gasteiger partial charge >= 0.3 is 0 Å². The van der Waals surface area contributed by atoms with Crippen LogP contribution in [-0.4, -0.2) is 31.2 Å². The van der Waals surface area contributed by atoms with Crippen LogP contribution in [0.4, 0.5) is 0 Å². The minimum Gasteiger partial charge on any atom is -0.507 e. The van der Waals surface area contributed by atoms with E-state index in [4.69, 9.17) is 0 Å². The Morgan fingerprint density at radius 2 is 2.13 bits per heavy atom. The first-order valence-corrected chi connectivity index (χ1v) is 10.6. The Balaban J connectivity index is 1.48. The molecular weight excluding hydrogens is 390 g/mol. The van der Waals surface area contributed by atoms with Gasteiger partial charge in [0.15, 0.2) is 0 Å². The van der Waals surface area contributed by atoms with E-state index in [0.717, 1.165) is 25.0 Å². The molecule has 0 atom stereocenters. The van der Waals surface area contributed by atoms with E-state index in [1.54, 1.807) is 30.4 Å². The lowest BCUT2D eigenvalue weighted by Gasteiger charge is -2.06. The second-order valence-corrected chi connectivity index (χ2v) is 7.74. The minimum absolute atomic E-state index is 0.0354. The van der Waals surface area contributed by atoms with Crippen LogP contribution < -0.4 is 5.32 Å². The molecule has 0 saturated carbocycles. The second-order valence-electron chi connectivity index (χ2n) is 7.74. The van der Waals surface area contributed by atoms with Crippen molar-refractivity contribution in [1.29, 1.82) is 0 Å². The van der Waals surface area contributed by atoms with Gasteiger partial charge < -0.3 is 15.4 Å². The number of carbonyl (C=O) groups excluding carboxylic acids is 1. The van der Waals surface area contributed by atoms with Crippen LogP contribution in [0, 0.1) is 0 Å². The predicted molar refractivity (Wildman–Crippen MR) is 122 cm³/mol. The SMILES string of the molecule is C=C(/C(O)=C\C=C/C)c1nc2ccc(C(=O)NCc3n[nH]c4c3CCCCC4)cc2[nH]1. The molecule has 3 aromatic rings. The molecule has 1 aliphatic rings. The number of rotatable bonds is 6. The maximum atomic E-state index is 12.7. The summed E-state index contributed by atoms with van der Waals surface area (Å²) in [4.78, 5) is 20.3. The Labute approximate surface area is 181 Å². The zero-order chi connectivity index (χ0) is 21.8. The number of aromatic amines is 2. The van der Waals surface area contributed by atoms with Crippen LogP contribution >= 0.6 is 0 Å². The molecule has 1 aromatic carbocycles. The van der Waals surface area contributed by atoms with E-state index in [-0.39, 0.29) is 11.7 Å². The van der Waals surface area contributed by atoms with Gasteiger partial charge in [0.05, 0.1) is 28.8 Å². The summed E-state index contributed by atoms with van der Waals surface area (Å²) in [7, 11) is 0. The number of aromatic nitrogens is 4. The standard InChI is InChI=1S/C24H27N5O2/c1-3-4-10-22(30)15(2)23-26-19-12-11-16(13-20(19)27-23)24(31)25-14-21-17-8-6-5-7-9-18(17)28-29-21/h3-4,10-13,30H,2,5-9,14H2,1H3,(H,25,31)(H,26,27)(H,28,29)/b4-3-,22-10+. The highest BCUT2D eigenvalue weighted by Gasteiger charge is 2.17. The van der Waals surface area contributed by atoms with Crippen molar-refractivity contribution >= 4 is 22.5 Å². The molecule has 4 N–H and O–H groups in total. The molecule has 160 valence electrons. The van der Waals surface area contributed by atoms with E-state index in [1.807, 2.05) is 13.0 Å². The molecule has 0 fully saturated rings. The van der Waals surface area contributed by atoms with Crippen molar-refractivity contribution < 1.29 is 9.90 Å². The third-order valence-corrected chi connectivity index (χ3v) is 5.59. The van der Waals surface area contributed by atoms with Gasteiger partial charge in [-0.1, -0.05) is 25.2 Å². The molecule has 4 rings (SSSR count). The summed E-state index contributed by atoms with van der Waals surface area (Å²) in [5.74, 6) is 0.330. The van der Waals surface area contributed by atoms with Crippen LogP contribution in [0.15, 0.2) is 48.8 Å². The van der Waals surface area contributed by atoms with Gasteiger partial charge in [0.2, 0.25) is 0 Å². The van der Waals surface area contributed by atoms with Crippen LogP contribution in [0.25, 0.3) is 16.6 Å². The molecule has 2 heterocycles. The van der Waals surface area contributed by atoms with Gasteiger partial charge in [0.25, 0.3) is 5.91 Å². The molecule has 1 aliphatic carbocycles. The average molecular weight is 418 g/mol. The number of imidazole rings is 1. The first-order chi connectivity index (χ1) is 15.1. The first-order valence-electron chi connectivity index (χ1n) is 10.6. The number of aliphatic hydroxyl groups excluding tert-OH is 1. The summed E-state index contributed by atoms with van der Waals surface area (Å²) in [6, 6.07) is 5.28. The molecule has 7 nitrogen and oxygen atoms in total. The highest BCUT2D eigenvalue weighted by Crippen LogP contribution is 2.23. The number of hydrogen-bond acceptors (Lipinski definition) is 4. The maximum absolute atomic E-state index is 12.7. The third-order valence-electron chi connectivity index (χ3n) is 5.59. The van der Waals surface area contributed by atoms with E-state index in [0.29, 0.717) is 34.5 Å². The van der Waals surface area contributed by atoms with Crippen LogP contribution in [0.2, 0.25) is 0 Å². The number of allylic oxidation sites excluding steroid dienone is 4. The summed E-state index contributed by atoms with van der Waals surface area (Å²) in [5, 5.41) is 20.6. The zero-order valence-corrected chi connectivity index (χ0v) is 17.7. The third kappa shape index (κ3) is 4.45. The molecule has 2 aromatic heterocycles. The van der Waals surface area contributed by atoms with Crippen LogP contribution in [0.5, 0.6) is 0 Å². The zero-order valence-electron chi connectivity index (χ0n) is 17.7. The predicted octanol–water partition coefficient (Wildman–Crippen LogP) is 4.52. The minimum atomic E-state index is -0.168. The van der Waals surface area contributed by atoms with Gasteiger partial charge in [-0.3, -0.25) is 9.89 Å². The maximum Gasteiger partial charge on any atom is 0.251 e. The number of aliphatic hydroxyl groups is 1. The number of H-pyrrole nitrogens is 2. The Hall–Kier alpha value is -3.61. The highest BCUT2D eigenvalue weighted by molar-refractivity contribution is 5.97. The summed E-state index contributed by atoms with van der Waals surface area (Å²) < 4.78 is 0. The fourth-order valence-electron chi connectivity index (χ4n) is 3.84. The average Bonchev–Trinajstić information content (AvgIpc) is 3.30. The van der Waals surface area contributed by atoms with Crippen LogP contribution in [0.1, 0.15) is 59.3 Å². The van der Waals surface area contributed by atoms with E-state index < -0.39 is 0 Å². The summed E-state index contributed by atoms with van der Waals surface area (Å²) in [6.45, 7) is 6.16. The van der Waals surface area contributed by atoms with Gasteiger partial charge in [0, 0.05) is 11.3 Å². The van der Waals surface area contributed by atoms with Gasteiger partial charge in [-0.15, -0.1) is 0 Å². The van der Waals surface area contributed by atoms with Crippen LogP contribution in [0.3, 0.4) is 0 Å². The first kappa shape index (κ1) is 20.7. The topological polar surface area (TPSA) is 107 Å². The van der Waals surface area contributed by atoms with E-state index in [9.17, 15) is 9.90 Å². The normalized spacial score (nSPS) is 14.5. The monoisotopic (exact) mass is 417 g/mol. The number of benzene rings is 1. The number of nitrogens with zero attached hydrogens (tertiary/aromatic N) is 2. The van der Waals surface area contributed by atoms with Crippen LogP contribution in [-0.2, 0) is 19.4 Å². The van der Waals surface area contributed by atoms with Crippen molar-refractivity contribution in [3.8, 4) is 0 Å². The Morgan fingerprint density at radius 1 is 1.29 bits per heavy atom. The summed E-state index contributed by atoms with van der Waals surface area (Å²) in [6.07, 6.45) is 10.7. The molecule has 7 heteroatoms. The lowest BCUT2D eigenvalue weighted by Crippen LogP contribution is -2.23. The molecule has 0 radical (unpaired) electrons. The van der Waals surface area contributed by atoms with Gasteiger partial charge in [0.1, 0.15) is 11.6 Å². The lowest BCUT2D eigenvalue weighted by atomic mass is 10.1. The van der Waals surface area contributed by atoms with Gasteiger partial charge in [-0.25, -0.2) is 4.98 Å². The fraction of sp³-hybridized carbons (Fsp3) is 0.292. The van der Waals surface area contributed by atoms with Crippen molar-refractivity contribution in [2.75, 3.05) is 0 Å². The van der Waals surface area contributed by atoms with Crippen molar-refractivity contribution in [1.82, 2.24) is 25.5 Å². The number of fused-ring (bicyclic) bond motifs is 2. The van der Waals surface area contributed by atoms with Crippen molar-refractivity contribution in [3.63, 3.8) is 0 Å². The molecule has 1 amide bonds. The number of carbonyl (C=O) groups is 1. The van der Waals surface area contributed by atoms with Crippen molar-refractivity contribution in [2.45, 2.75) is 45.6 Å². The number of hydrogen-bond donors (Lipinski definition) is 4. The van der Waals surface area contributed by atoms with E-state index in [2.05, 4.69) is 32.1 Å². The Kier molecular flexibility index (Phi) is 6.02. The molecular formula is C24H27N5O2. The molecule has 0 saturated heterocycles. The van der Waals surface area contributed by atoms with Crippen molar-refractivity contribution in [2.24, 2.45) is 0 Å².